The second-order valence-electron chi connectivity index (χ2n) is 5.47. The van der Waals surface area contributed by atoms with Gasteiger partial charge in [0.05, 0.1) is 5.56 Å². The van der Waals surface area contributed by atoms with Gasteiger partial charge in [-0.1, -0.05) is 41.9 Å². The molecule has 132 valence electrons. The lowest BCUT2D eigenvalue weighted by atomic mass is 10.2. The zero-order valence-corrected chi connectivity index (χ0v) is 14.8. The first kappa shape index (κ1) is 17.8. The van der Waals surface area contributed by atoms with E-state index >= 15 is 0 Å². The normalized spacial score (nSPS) is 10.2. The molecule has 0 fully saturated rings. The van der Waals surface area contributed by atoms with E-state index in [1.54, 1.807) is 42.5 Å². The molecule has 0 aliphatic carbocycles. The van der Waals surface area contributed by atoms with Gasteiger partial charge in [0.25, 0.3) is 5.91 Å². The molecule has 0 heterocycles. The molecule has 0 saturated carbocycles. The van der Waals surface area contributed by atoms with E-state index in [0.29, 0.717) is 35.2 Å². The van der Waals surface area contributed by atoms with Crippen molar-refractivity contribution in [3.05, 3.63) is 89.4 Å². The SMILES string of the molecule is O=C(Nc1ccc(Cl)cc1)c1ccccc1OCCOc1ccccc1. The molecule has 1 N–H and O–H groups in total. The molecule has 3 aromatic carbocycles. The van der Waals surface area contributed by atoms with E-state index in [4.69, 9.17) is 21.1 Å². The number of hydrogen-bond acceptors (Lipinski definition) is 3. The fourth-order valence-electron chi connectivity index (χ4n) is 2.34. The summed E-state index contributed by atoms with van der Waals surface area (Å²) >= 11 is 5.86. The van der Waals surface area contributed by atoms with Crippen LogP contribution in [0.2, 0.25) is 5.02 Å². The van der Waals surface area contributed by atoms with Gasteiger partial charge in [-0.2, -0.15) is 0 Å². The molecule has 3 aromatic rings. The summed E-state index contributed by atoms with van der Waals surface area (Å²) in [5, 5.41) is 3.45. The van der Waals surface area contributed by atoms with E-state index in [2.05, 4.69) is 5.32 Å². The Kier molecular flexibility index (Phi) is 6.12. The first-order chi connectivity index (χ1) is 12.7. The number of para-hydroxylation sites is 2. The predicted octanol–water partition coefficient (Wildman–Crippen LogP) is 5.05. The molecule has 26 heavy (non-hydrogen) atoms. The van der Waals surface area contributed by atoms with Crippen molar-refractivity contribution in [3.8, 4) is 11.5 Å². The Balaban J connectivity index is 1.58. The summed E-state index contributed by atoms with van der Waals surface area (Å²) in [5.41, 5.74) is 1.13. The highest BCUT2D eigenvalue weighted by Crippen LogP contribution is 2.21. The quantitative estimate of drug-likeness (QED) is 0.594. The van der Waals surface area contributed by atoms with Gasteiger partial charge in [-0.3, -0.25) is 4.79 Å². The van der Waals surface area contributed by atoms with Gasteiger partial charge in [-0.05, 0) is 48.5 Å². The minimum Gasteiger partial charge on any atom is -0.490 e. The fraction of sp³-hybridized carbons (Fsp3) is 0.0952. The van der Waals surface area contributed by atoms with Gasteiger partial charge in [-0.15, -0.1) is 0 Å². The van der Waals surface area contributed by atoms with E-state index in [0.717, 1.165) is 5.75 Å². The van der Waals surface area contributed by atoms with Gasteiger partial charge in [0.15, 0.2) is 0 Å². The zero-order valence-electron chi connectivity index (χ0n) is 14.0. The predicted molar refractivity (Wildman–Crippen MR) is 103 cm³/mol. The fourth-order valence-corrected chi connectivity index (χ4v) is 2.47. The Morgan fingerprint density at radius 2 is 1.46 bits per heavy atom. The number of amides is 1. The van der Waals surface area contributed by atoms with Crippen LogP contribution in [-0.2, 0) is 0 Å². The first-order valence-corrected chi connectivity index (χ1v) is 8.57. The number of halogens is 1. The highest BCUT2D eigenvalue weighted by atomic mass is 35.5. The number of nitrogens with one attached hydrogen (secondary N) is 1. The number of anilines is 1. The van der Waals surface area contributed by atoms with Crippen LogP contribution in [0.4, 0.5) is 5.69 Å². The molecule has 0 unspecified atom stereocenters. The maximum absolute atomic E-state index is 12.5. The van der Waals surface area contributed by atoms with Crippen LogP contribution < -0.4 is 14.8 Å². The van der Waals surface area contributed by atoms with Crippen molar-refractivity contribution >= 4 is 23.2 Å². The summed E-state index contributed by atoms with van der Waals surface area (Å²) in [6.07, 6.45) is 0. The summed E-state index contributed by atoms with van der Waals surface area (Å²) in [4.78, 5) is 12.5. The number of hydrogen-bond donors (Lipinski definition) is 1. The number of carbonyl (C=O) groups is 1. The van der Waals surface area contributed by atoms with Crippen LogP contribution in [0.3, 0.4) is 0 Å². The molecule has 0 aliphatic heterocycles. The van der Waals surface area contributed by atoms with Crippen LogP contribution in [0.1, 0.15) is 10.4 Å². The Morgan fingerprint density at radius 3 is 2.23 bits per heavy atom. The molecule has 1 amide bonds. The maximum atomic E-state index is 12.5. The molecule has 0 atom stereocenters. The molecular weight excluding hydrogens is 350 g/mol. The molecule has 5 heteroatoms. The average molecular weight is 368 g/mol. The monoisotopic (exact) mass is 367 g/mol. The van der Waals surface area contributed by atoms with Crippen molar-refractivity contribution in [2.24, 2.45) is 0 Å². The molecule has 0 radical (unpaired) electrons. The largest absolute Gasteiger partial charge is 0.490 e. The second kappa shape index (κ2) is 8.92. The number of ether oxygens (including phenoxy) is 2. The Labute approximate surface area is 157 Å². The Morgan fingerprint density at radius 1 is 0.808 bits per heavy atom. The van der Waals surface area contributed by atoms with Crippen molar-refractivity contribution in [3.63, 3.8) is 0 Å². The molecule has 0 saturated heterocycles. The highest BCUT2D eigenvalue weighted by Gasteiger charge is 2.12. The standard InChI is InChI=1S/C21H18ClNO3/c22-16-10-12-17(13-11-16)23-21(24)19-8-4-5-9-20(19)26-15-14-25-18-6-2-1-3-7-18/h1-13H,14-15H2,(H,23,24). The Hall–Kier alpha value is -2.98. The molecule has 4 nitrogen and oxygen atoms in total. The lowest BCUT2D eigenvalue weighted by Gasteiger charge is -2.12. The van der Waals surface area contributed by atoms with Crippen LogP contribution >= 0.6 is 11.6 Å². The van der Waals surface area contributed by atoms with Crippen molar-refractivity contribution in [2.75, 3.05) is 18.5 Å². The lowest BCUT2D eigenvalue weighted by Crippen LogP contribution is -2.15. The summed E-state index contributed by atoms with van der Waals surface area (Å²) in [6, 6.07) is 23.6. The third-order valence-corrected chi connectivity index (χ3v) is 3.84. The van der Waals surface area contributed by atoms with Gasteiger partial charge in [0.1, 0.15) is 24.7 Å². The third-order valence-electron chi connectivity index (χ3n) is 3.59. The second-order valence-corrected chi connectivity index (χ2v) is 5.90. The van der Waals surface area contributed by atoms with E-state index in [1.807, 2.05) is 36.4 Å². The van der Waals surface area contributed by atoms with Gasteiger partial charge in [0, 0.05) is 10.7 Å². The lowest BCUT2D eigenvalue weighted by molar-refractivity contribution is 0.102. The van der Waals surface area contributed by atoms with Gasteiger partial charge < -0.3 is 14.8 Å². The van der Waals surface area contributed by atoms with Gasteiger partial charge in [0.2, 0.25) is 0 Å². The number of carbonyl (C=O) groups excluding carboxylic acids is 1. The zero-order chi connectivity index (χ0) is 18.2. The minimum atomic E-state index is -0.244. The van der Waals surface area contributed by atoms with Crippen molar-refractivity contribution in [2.45, 2.75) is 0 Å². The molecule has 0 bridgehead atoms. The van der Waals surface area contributed by atoms with Crippen molar-refractivity contribution in [1.29, 1.82) is 0 Å². The van der Waals surface area contributed by atoms with Crippen LogP contribution in [0.15, 0.2) is 78.9 Å². The highest BCUT2D eigenvalue weighted by molar-refractivity contribution is 6.30. The van der Waals surface area contributed by atoms with Crippen molar-refractivity contribution < 1.29 is 14.3 Å². The molecular formula is C21H18ClNO3. The van der Waals surface area contributed by atoms with Crippen LogP contribution in [-0.4, -0.2) is 19.1 Å². The van der Waals surface area contributed by atoms with E-state index < -0.39 is 0 Å². The van der Waals surface area contributed by atoms with Crippen LogP contribution in [0.25, 0.3) is 0 Å². The Bertz CT molecular complexity index is 851. The molecule has 0 aromatic heterocycles. The average Bonchev–Trinajstić information content (AvgIpc) is 2.68. The van der Waals surface area contributed by atoms with E-state index in [-0.39, 0.29) is 5.91 Å². The number of rotatable bonds is 7. The van der Waals surface area contributed by atoms with Crippen molar-refractivity contribution in [1.82, 2.24) is 0 Å². The van der Waals surface area contributed by atoms with Crippen LogP contribution in [0, 0.1) is 0 Å². The third kappa shape index (κ3) is 5.01. The molecule has 0 aliphatic rings. The van der Waals surface area contributed by atoms with E-state index in [1.165, 1.54) is 0 Å². The minimum absolute atomic E-state index is 0.244. The topological polar surface area (TPSA) is 47.6 Å². The van der Waals surface area contributed by atoms with E-state index in [9.17, 15) is 4.79 Å². The summed E-state index contributed by atoms with van der Waals surface area (Å²) in [5.74, 6) is 1.05. The van der Waals surface area contributed by atoms with Crippen LogP contribution in [0.5, 0.6) is 11.5 Å². The summed E-state index contributed by atoms with van der Waals surface area (Å²) < 4.78 is 11.3. The summed E-state index contributed by atoms with van der Waals surface area (Å²) in [6.45, 7) is 0.720. The smallest absolute Gasteiger partial charge is 0.259 e. The molecule has 0 spiro atoms. The first-order valence-electron chi connectivity index (χ1n) is 8.19. The number of benzene rings is 3. The molecule has 3 rings (SSSR count). The van der Waals surface area contributed by atoms with Gasteiger partial charge >= 0.3 is 0 Å². The maximum Gasteiger partial charge on any atom is 0.259 e. The summed E-state index contributed by atoms with van der Waals surface area (Å²) in [7, 11) is 0. The van der Waals surface area contributed by atoms with Gasteiger partial charge in [-0.25, -0.2) is 0 Å².